The Morgan fingerprint density at radius 3 is 2.18 bits per heavy atom. The van der Waals surface area contributed by atoms with Gasteiger partial charge in [0.2, 0.25) is 0 Å². The highest BCUT2D eigenvalue weighted by Crippen LogP contribution is 2.35. The van der Waals surface area contributed by atoms with Gasteiger partial charge in [0.05, 0.1) is 6.42 Å². The molecule has 2 N–H and O–H groups in total. The summed E-state index contributed by atoms with van der Waals surface area (Å²) in [5, 5.41) is 16.0. The zero-order valence-electron chi connectivity index (χ0n) is 10.9. The summed E-state index contributed by atoms with van der Waals surface area (Å²) in [6.07, 6.45) is -6.22. The van der Waals surface area contributed by atoms with Gasteiger partial charge in [-0.2, -0.15) is 17.6 Å². The van der Waals surface area contributed by atoms with Crippen LogP contribution < -0.4 is 0 Å². The average molecular weight is 356 g/mol. The number of ether oxygens (including phenoxy) is 1. The van der Waals surface area contributed by atoms with E-state index in [1.54, 1.807) is 0 Å². The molecule has 0 rings (SSSR count). The maximum Gasteiger partial charge on any atom is 0.454 e. The van der Waals surface area contributed by atoms with E-state index in [9.17, 15) is 31.7 Å². The molecule has 0 heterocycles. The maximum atomic E-state index is 12.9. The molecule has 0 radical (unpaired) electrons. The number of carboxylic acid groups (broad SMARTS) is 2. The van der Waals surface area contributed by atoms with Gasteiger partial charge in [-0.3, -0.25) is 9.59 Å². The Kier molecular flexibility index (Phi) is 8.63. The lowest BCUT2D eigenvalue weighted by Gasteiger charge is -2.22. The van der Waals surface area contributed by atoms with Crippen LogP contribution in [0.4, 0.5) is 22.1 Å². The molecule has 0 fully saturated rings. The molecule has 6 nitrogen and oxygen atoms in total. The van der Waals surface area contributed by atoms with Crippen molar-refractivity contribution in [3.63, 3.8) is 0 Å². The van der Waals surface area contributed by atoms with Crippen LogP contribution in [0.5, 0.6) is 0 Å². The summed E-state index contributed by atoms with van der Waals surface area (Å²) in [6.45, 7) is -2.13. The lowest BCUT2D eigenvalue weighted by atomic mass is 10.3. The molecule has 2 atom stereocenters. The number of halogens is 5. The normalized spacial score (nSPS) is 16.0. The summed E-state index contributed by atoms with van der Waals surface area (Å²) >= 11 is 0.746. The molecule has 130 valence electrons. The molecule has 0 aliphatic heterocycles. The maximum absolute atomic E-state index is 12.9. The minimum absolute atomic E-state index is 0.00822. The molecule has 0 bridgehead atoms. The van der Waals surface area contributed by atoms with Crippen LogP contribution in [0.25, 0.3) is 0 Å². The van der Waals surface area contributed by atoms with Gasteiger partial charge >= 0.3 is 24.0 Å². The van der Waals surface area contributed by atoms with Crippen molar-refractivity contribution in [3.05, 3.63) is 0 Å². The molecular formula is C10H13F5O6S. The summed E-state index contributed by atoms with van der Waals surface area (Å²) in [6, 6.07) is 0. The van der Waals surface area contributed by atoms with E-state index in [1.807, 2.05) is 0 Å². The van der Waals surface area contributed by atoms with Gasteiger partial charge in [-0.05, 0) is 16.7 Å². The molecule has 0 aromatic heterocycles. The number of carboxylic acids is 2. The van der Waals surface area contributed by atoms with Crippen LogP contribution in [0.15, 0.2) is 0 Å². The third-order valence-electron chi connectivity index (χ3n) is 2.22. The number of alkyl halides is 4. The third kappa shape index (κ3) is 7.22. The van der Waals surface area contributed by atoms with Gasteiger partial charge in [0, 0.05) is 6.61 Å². The molecule has 0 saturated heterocycles. The Hall–Kier alpha value is -1.14. The number of rotatable bonds is 11. The van der Waals surface area contributed by atoms with Gasteiger partial charge in [0.15, 0.2) is 0 Å². The number of aliphatic carboxylic acids is 2. The van der Waals surface area contributed by atoms with Crippen molar-refractivity contribution in [1.82, 2.24) is 0 Å². The zero-order chi connectivity index (χ0) is 17.4. The van der Waals surface area contributed by atoms with Gasteiger partial charge in [0.1, 0.15) is 11.9 Å². The molecule has 0 aliphatic carbocycles. The first-order valence-electron chi connectivity index (χ1n) is 5.73. The van der Waals surface area contributed by atoms with Crippen LogP contribution in [-0.2, 0) is 19.3 Å². The summed E-state index contributed by atoms with van der Waals surface area (Å²) < 4.78 is 65.0. The fourth-order valence-electron chi connectivity index (χ4n) is 1.11. The minimum Gasteiger partial charge on any atom is -0.481 e. The molecule has 0 aliphatic rings. The smallest absolute Gasteiger partial charge is 0.454 e. The van der Waals surface area contributed by atoms with Gasteiger partial charge < -0.3 is 14.9 Å². The van der Waals surface area contributed by atoms with Gasteiger partial charge in [0.25, 0.3) is 0 Å². The van der Waals surface area contributed by atoms with Crippen molar-refractivity contribution in [2.24, 2.45) is 0 Å². The monoisotopic (exact) mass is 356 g/mol. The standard InChI is InChI=1S/C10H13F5O6S/c11-9(21-15,10(12,13)14)5-20-2-1-3-22-6(8(18)19)4-7(16)17/h6H,1-5H2,(H,16,17)(H,18,19). The topological polar surface area (TPSA) is 93.1 Å². The summed E-state index contributed by atoms with van der Waals surface area (Å²) in [4.78, 5) is 23.3. The lowest BCUT2D eigenvalue weighted by molar-refractivity contribution is -0.411. The van der Waals surface area contributed by atoms with E-state index in [4.69, 9.17) is 10.2 Å². The fraction of sp³-hybridized carbons (Fsp3) is 0.800. The van der Waals surface area contributed by atoms with E-state index in [-0.39, 0.29) is 12.2 Å². The van der Waals surface area contributed by atoms with E-state index >= 15 is 0 Å². The Bertz CT molecular complexity index is 379. The molecule has 0 saturated carbocycles. The van der Waals surface area contributed by atoms with Crippen LogP contribution in [0.3, 0.4) is 0 Å². The Morgan fingerprint density at radius 2 is 1.77 bits per heavy atom. The first-order valence-corrected chi connectivity index (χ1v) is 6.77. The predicted octanol–water partition coefficient (Wildman–Crippen LogP) is 2.18. The van der Waals surface area contributed by atoms with E-state index in [0.717, 1.165) is 11.8 Å². The van der Waals surface area contributed by atoms with Crippen molar-refractivity contribution >= 4 is 23.7 Å². The minimum atomic E-state index is -5.60. The molecule has 0 spiro atoms. The van der Waals surface area contributed by atoms with Crippen LogP contribution in [0.2, 0.25) is 0 Å². The Morgan fingerprint density at radius 1 is 1.18 bits per heavy atom. The largest absolute Gasteiger partial charge is 0.481 e. The quantitative estimate of drug-likeness (QED) is 0.433. The summed E-state index contributed by atoms with van der Waals surface area (Å²) in [5.41, 5.74) is 0. The molecule has 2 unspecified atom stereocenters. The van der Waals surface area contributed by atoms with Crippen LogP contribution in [0.1, 0.15) is 12.8 Å². The fourth-order valence-corrected chi connectivity index (χ4v) is 2.09. The highest BCUT2D eigenvalue weighted by atomic mass is 32.2. The van der Waals surface area contributed by atoms with E-state index in [1.165, 1.54) is 0 Å². The average Bonchev–Trinajstić information content (AvgIpc) is 2.38. The highest BCUT2D eigenvalue weighted by Gasteiger charge is 2.59. The molecule has 0 aromatic carbocycles. The number of hydrogen-bond acceptors (Lipinski definition) is 5. The Labute approximate surface area is 125 Å². The van der Waals surface area contributed by atoms with Crippen LogP contribution >= 0.6 is 11.8 Å². The van der Waals surface area contributed by atoms with Crippen molar-refractivity contribution in [1.29, 1.82) is 0 Å². The van der Waals surface area contributed by atoms with Gasteiger partial charge in [-0.15, -0.1) is 16.7 Å². The van der Waals surface area contributed by atoms with Crippen molar-refractivity contribution in [3.8, 4) is 0 Å². The molecule has 12 heteroatoms. The third-order valence-corrected chi connectivity index (χ3v) is 3.52. The lowest BCUT2D eigenvalue weighted by Crippen LogP contribution is -2.46. The highest BCUT2D eigenvalue weighted by molar-refractivity contribution is 8.00. The second-order valence-corrected chi connectivity index (χ2v) is 5.32. The first-order chi connectivity index (χ1) is 10.0. The first kappa shape index (κ1) is 20.9. The molecular weight excluding hydrogens is 343 g/mol. The molecule has 0 amide bonds. The summed E-state index contributed by atoms with van der Waals surface area (Å²) in [7, 11) is 0. The van der Waals surface area contributed by atoms with Crippen LogP contribution in [-0.4, -0.2) is 58.4 Å². The predicted molar refractivity (Wildman–Crippen MR) is 63.7 cm³/mol. The van der Waals surface area contributed by atoms with Crippen molar-refractivity contribution < 1.29 is 51.6 Å². The van der Waals surface area contributed by atoms with Gasteiger partial charge in [-0.25, -0.2) is 0 Å². The number of hydrogen-bond donors (Lipinski definition) is 2. The number of thioether (sulfide) groups is 1. The van der Waals surface area contributed by atoms with E-state index in [0.29, 0.717) is 0 Å². The van der Waals surface area contributed by atoms with Crippen molar-refractivity contribution in [2.45, 2.75) is 30.1 Å². The van der Waals surface area contributed by atoms with E-state index in [2.05, 4.69) is 9.68 Å². The SMILES string of the molecule is O=C(O)CC(SCCCOCC(F)(OF)C(F)(F)F)C(=O)O. The second kappa shape index (κ2) is 9.10. The van der Waals surface area contributed by atoms with Crippen molar-refractivity contribution in [2.75, 3.05) is 19.0 Å². The zero-order valence-corrected chi connectivity index (χ0v) is 11.8. The Balaban J connectivity index is 4.03. The molecule has 0 aromatic rings. The number of carbonyl (C=O) groups is 2. The molecule has 22 heavy (non-hydrogen) atoms. The van der Waals surface area contributed by atoms with E-state index < -0.39 is 48.9 Å². The van der Waals surface area contributed by atoms with Gasteiger partial charge in [-0.1, -0.05) is 0 Å². The van der Waals surface area contributed by atoms with Crippen LogP contribution in [0, 0.1) is 0 Å². The summed E-state index contributed by atoms with van der Waals surface area (Å²) in [5.74, 6) is -7.18. The second-order valence-electron chi connectivity index (χ2n) is 4.01.